The van der Waals surface area contributed by atoms with Crippen molar-refractivity contribution in [1.82, 2.24) is 15.5 Å². The number of nitrogens with zero attached hydrogens (tertiary/aromatic N) is 2. The maximum absolute atomic E-state index is 12.2. The Morgan fingerprint density at radius 1 is 1.23 bits per heavy atom. The molecule has 1 N–H and O–H groups in total. The quantitative estimate of drug-likeness (QED) is 0.694. The van der Waals surface area contributed by atoms with Gasteiger partial charge in [-0.25, -0.2) is 0 Å². The second-order valence-corrected chi connectivity index (χ2v) is 6.66. The number of aryl methyl sites for hydroxylation is 2. The molecule has 0 saturated heterocycles. The van der Waals surface area contributed by atoms with Crippen LogP contribution in [0.1, 0.15) is 36.4 Å². The van der Waals surface area contributed by atoms with Gasteiger partial charge in [-0.15, -0.1) is 0 Å². The average molecular weight is 370 g/mol. The van der Waals surface area contributed by atoms with Crippen molar-refractivity contribution in [3.05, 3.63) is 70.6 Å². The van der Waals surface area contributed by atoms with Gasteiger partial charge in [0.1, 0.15) is 0 Å². The Hall–Kier alpha value is -2.66. The smallest absolute Gasteiger partial charge is 0.227 e. The largest absolute Gasteiger partial charge is 0.350 e. The first-order valence-corrected chi connectivity index (χ1v) is 8.83. The highest BCUT2D eigenvalue weighted by Crippen LogP contribution is 2.18. The highest BCUT2D eigenvalue weighted by Gasteiger charge is 2.13. The van der Waals surface area contributed by atoms with Crippen molar-refractivity contribution in [2.45, 2.75) is 32.7 Å². The normalized spacial score (nSPS) is 12.0. The van der Waals surface area contributed by atoms with Crippen molar-refractivity contribution in [3.63, 3.8) is 0 Å². The summed E-state index contributed by atoms with van der Waals surface area (Å²) in [4.78, 5) is 16.5. The summed E-state index contributed by atoms with van der Waals surface area (Å²) >= 11 is 5.99. The molecule has 2 aromatic carbocycles. The number of aromatic nitrogens is 2. The van der Waals surface area contributed by atoms with Crippen LogP contribution in [0.15, 0.2) is 53.1 Å². The molecule has 26 heavy (non-hydrogen) atoms. The van der Waals surface area contributed by atoms with E-state index in [1.807, 2.05) is 56.3 Å². The second-order valence-electron chi connectivity index (χ2n) is 6.22. The number of halogens is 1. The molecule has 1 heterocycles. The summed E-state index contributed by atoms with van der Waals surface area (Å²) < 4.78 is 5.25. The van der Waals surface area contributed by atoms with E-state index in [-0.39, 0.29) is 18.4 Å². The van der Waals surface area contributed by atoms with Crippen LogP contribution >= 0.6 is 11.6 Å². The van der Waals surface area contributed by atoms with E-state index in [1.54, 1.807) is 6.07 Å². The Morgan fingerprint density at radius 3 is 2.73 bits per heavy atom. The number of hydrogen-bond acceptors (Lipinski definition) is 4. The lowest BCUT2D eigenvalue weighted by molar-refractivity contribution is -0.121. The monoisotopic (exact) mass is 369 g/mol. The SMILES string of the molecule is Cc1ccc(-c2noc(CCC(=O)NC(C)c3cccc(Cl)c3)n2)cc1. The Kier molecular flexibility index (Phi) is 5.68. The number of benzene rings is 2. The lowest BCUT2D eigenvalue weighted by Crippen LogP contribution is -2.26. The fourth-order valence-electron chi connectivity index (χ4n) is 2.57. The summed E-state index contributed by atoms with van der Waals surface area (Å²) in [5, 5.41) is 7.58. The first-order chi connectivity index (χ1) is 12.5. The van der Waals surface area contributed by atoms with Gasteiger partial charge in [-0.2, -0.15) is 4.98 Å². The first-order valence-electron chi connectivity index (χ1n) is 8.46. The molecule has 3 rings (SSSR count). The van der Waals surface area contributed by atoms with E-state index in [2.05, 4.69) is 15.5 Å². The van der Waals surface area contributed by atoms with E-state index in [9.17, 15) is 4.79 Å². The van der Waals surface area contributed by atoms with Crippen LogP contribution < -0.4 is 5.32 Å². The molecule has 0 radical (unpaired) electrons. The van der Waals surface area contributed by atoms with Gasteiger partial charge in [0.2, 0.25) is 17.6 Å². The molecule has 1 amide bonds. The Balaban J connectivity index is 1.54. The topological polar surface area (TPSA) is 68.0 Å². The molecule has 3 aromatic rings. The van der Waals surface area contributed by atoms with E-state index >= 15 is 0 Å². The van der Waals surface area contributed by atoms with E-state index < -0.39 is 0 Å². The predicted molar refractivity (Wildman–Crippen MR) is 101 cm³/mol. The molecule has 134 valence electrons. The van der Waals surface area contributed by atoms with Gasteiger partial charge in [-0.05, 0) is 31.5 Å². The van der Waals surface area contributed by atoms with Crippen LogP contribution in [-0.2, 0) is 11.2 Å². The van der Waals surface area contributed by atoms with Gasteiger partial charge in [0, 0.05) is 23.4 Å². The second kappa shape index (κ2) is 8.15. The predicted octanol–water partition coefficient (Wildman–Crippen LogP) is 4.51. The van der Waals surface area contributed by atoms with Gasteiger partial charge >= 0.3 is 0 Å². The van der Waals surface area contributed by atoms with E-state index in [0.29, 0.717) is 23.2 Å². The minimum absolute atomic E-state index is 0.0763. The van der Waals surface area contributed by atoms with E-state index in [1.165, 1.54) is 5.56 Å². The van der Waals surface area contributed by atoms with Gasteiger partial charge in [-0.3, -0.25) is 4.79 Å². The molecule has 0 fully saturated rings. The van der Waals surface area contributed by atoms with Gasteiger partial charge in [-0.1, -0.05) is 58.7 Å². The standard InChI is InChI=1S/C20H20ClN3O2/c1-13-6-8-15(9-7-13)20-23-19(26-24-20)11-10-18(25)22-14(2)16-4-3-5-17(21)12-16/h3-9,12,14H,10-11H2,1-2H3,(H,22,25). The molecule has 1 unspecified atom stereocenters. The first kappa shape index (κ1) is 18.1. The van der Waals surface area contributed by atoms with Crippen LogP contribution in [0.4, 0.5) is 0 Å². The average Bonchev–Trinajstić information content (AvgIpc) is 3.09. The van der Waals surface area contributed by atoms with Crippen LogP contribution in [0.25, 0.3) is 11.4 Å². The van der Waals surface area contributed by atoms with Crippen molar-refractivity contribution in [3.8, 4) is 11.4 Å². The van der Waals surface area contributed by atoms with E-state index in [4.69, 9.17) is 16.1 Å². The zero-order valence-electron chi connectivity index (χ0n) is 14.7. The third kappa shape index (κ3) is 4.70. The molecule has 0 bridgehead atoms. The molecule has 6 heteroatoms. The summed E-state index contributed by atoms with van der Waals surface area (Å²) in [6.07, 6.45) is 0.674. The molecule has 0 saturated carbocycles. The maximum atomic E-state index is 12.2. The van der Waals surface area contributed by atoms with Crippen LogP contribution in [0, 0.1) is 6.92 Å². The Labute approximate surface area is 157 Å². The molecular weight excluding hydrogens is 350 g/mol. The van der Waals surface area contributed by atoms with Crippen molar-refractivity contribution < 1.29 is 9.32 Å². The van der Waals surface area contributed by atoms with Crippen LogP contribution in [0.2, 0.25) is 5.02 Å². The molecule has 1 aromatic heterocycles. The minimum atomic E-state index is -0.119. The summed E-state index contributed by atoms with van der Waals surface area (Å²) in [6.45, 7) is 3.94. The molecule has 5 nitrogen and oxygen atoms in total. The van der Waals surface area contributed by atoms with Gasteiger partial charge in [0.25, 0.3) is 0 Å². The third-order valence-corrected chi connectivity index (χ3v) is 4.31. The summed E-state index contributed by atoms with van der Waals surface area (Å²) in [5.41, 5.74) is 3.03. The fraction of sp³-hybridized carbons (Fsp3) is 0.250. The van der Waals surface area contributed by atoms with Gasteiger partial charge in [0.05, 0.1) is 6.04 Å². The van der Waals surface area contributed by atoms with Crippen LogP contribution in [0.5, 0.6) is 0 Å². The number of carbonyl (C=O) groups is 1. The molecule has 0 aliphatic rings. The number of amides is 1. The lowest BCUT2D eigenvalue weighted by Gasteiger charge is -2.14. The number of carbonyl (C=O) groups excluding carboxylic acids is 1. The third-order valence-electron chi connectivity index (χ3n) is 4.07. The van der Waals surface area contributed by atoms with Crippen molar-refractivity contribution in [2.75, 3.05) is 0 Å². The van der Waals surface area contributed by atoms with Crippen LogP contribution in [0.3, 0.4) is 0 Å². The van der Waals surface area contributed by atoms with Crippen LogP contribution in [-0.4, -0.2) is 16.0 Å². The highest BCUT2D eigenvalue weighted by molar-refractivity contribution is 6.30. The zero-order chi connectivity index (χ0) is 18.5. The number of nitrogens with one attached hydrogen (secondary N) is 1. The van der Waals surface area contributed by atoms with Crippen molar-refractivity contribution >= 4 is 17.5 Å². The minimum Gasteiger partial charge on any atom is -0.350 e. The molecule has 1 atom stereocenters. The van der Waals surface area contributed by atoms with Gasteiger partial charge < -0.3 is 9.84 Å². The van der Waals surface area contributed by atoms with Crippen molar-refractivity contribution in [2.24, 2.45) is 0 Å². The lowest BCUT2D eigenvalue weighted by atomic mass is 10.1. The van der Waals surface area contributed by atoms with Gasteiger partial charge in [0.15, 0.2) is 0 Å². The zero-order valence-corrected chi connectivity index (χ0v) is 15.5. The van der Waals surface area contributed by atoms with E-state index in [0.717, 1.165) is 11.1 Å². The fourth-order valence-corrected chi connectivity index (χ4v) is 2.77. The molecule has 0 aliphatic carbocycles. The Morgan fingerprint density at radius 2 is 2.00 bits per heavy atom. The number of hydrogen-bond donors (Lipinski definition) is 1. The van der Waals surface area contributed by atoms with Crippen molar-refractivity contribution in [1.29, 1.82) is 0 Å². The summed E-state index contributed by atoms with van der Waals surface area (Å²) in [5.74, 6) is 0.909. The highest BCUT2D eigenvalue weighted by atomic mass is 35.5. The molecular formula is C20H20ClN3O2. The molecule has 0 spiro atoms. The molecule has 0 aliphatic heterocycles. The number of rotatable bonds is 6. The Bertz CT molecular complexity index is 890. The maximum Gasteiger partial charge on any atom is 0.227 e. The summed E-state index contributed by atoms with van der Waals surface area (Å²) in [7, 11) is 0. The summed E-state index contributed by atoms with van der Waals surface area (Å²) in [6, 6.07) is 15.2.